The van der Waals surface area contributed by atoms with Gasteiger partial charge in [-0.05, 0) is 80.5 Å². The van der Waals surface area contributed by atoms with Crippen LogP contribution >= 0.6 is 15.2 Å². The minimum absolute atomic E-state index is 0. The number of Topliss-reactive ketones (excluding diaryl/α,β-unsaturated/α-hetero) is 1. The predicted octanol–water partition coefficient (Wildman–Crippen LogP) is -3.06. The van der Waals surface area contributed by atoms with Gasteiger partial charge in [0.25, 0.3) is 0 Å². The zero-order valence-electron chi connectivity index (χ0n) is 22.3. The largest absolute Gasteiger partial charge is 1.00 e. The average Bonchev–Trinajstić information content (AvgIpc) is 3.04. The minimum atomic E-state index is -5.37. The van der Waals surface area contributed by atoms with Crippen LogP contribution in [0.3, 0.4) is 0 Å². The van der Waals surface area contributed by atoms with E-state index in [1.165, 1.54) is 0 Å². The Kier molecular flexibility index (Phi) is 11.8. The van der Waals surface area contributed by atoms with Gasteiger partial charge in [-0.2, -0.15) is 0 Å². The summed E-state index contributed by atoms with van der Waals surface area (Å²) in [6.45, 7) is 3.89. The number of hydrogen-bond donors (Lipinski definition) is 2. The second-order valence-electron chi connectivity index (χ2n) is 11.6. The summed E-state index contributed by atoms with van der Waals surface area (Å²) in [4.78, 5) is 65.1. The van der Waals surface area contributed by atoms with Crippen molar-refractivity contribution in [3.63, 3.8) is 0 Å². The molecule has 0 heterocycles. The fourth-order valence-corrected chi connectivity index (χ4v) is 10.4. The molecule has 4 fully saturated rings. The Bertz CT molecular complexity index is 932. The van der Waals surface area contributed by atoms with E-state index in [0.717, 1.165) is 38.5 Å². The fourth-order valence-electron chi connectivity index (χ4n) is 8.03. The summed E-state index contributed by atoms with van der Waals surface area (Å²) < 4.78 is 32.7. The number of hydrogen-bond acceptors (Lipinski definition) is 8. The zero-order chi connectivity index (χ0) is 25.8. The molecule has 0 aliphatic heterocycles. The Morgan fingerprint density at radius 2 is 1.68 bits per heavy atom. The van der Waals surface area contributed by atoms with Crippen LogP contribution in [0.4, 0.5) is 4.79 Å². The first-order chi connectivity index (χ1) is 16.2. The van der Waals surface area contributed by atoms with Gasteiger partial charge in [0.1, 0.15) is 27.1 Å². The van der Waals surface area contributed by atoms with Crippen LogP contribution in [-0.2, 0) is 23.4 Å². The Morgan fingerprint density at radius 1 is 1.03 bits per heavy atom. The quantitative estimate of drug-likeness (QED) is 0.187. The molecule has 37 heavy (non-hydrogen) atoms. The van der Waals surface area contributed by atoms with Gasteiger partial charge in [0.05, 0.1) is 12.0 Å². The Balaban J connectivity index is 0.00000241. The van der Waals surface area contributed by atoms with Gasteiger partial charge in [0.2, 0.25) is 0 Å². The molecule has 0 aromatic carbocycles. The predicted molar refractivity (Wildman–Crippen MR) is 121 cm³/mol. The number of ketones is 1. The topological polar surface area (TPSA) is 173 Å². The molecule has 0 radical (unpaired) electrons. The van der Waals surface area contributed by atoms with Gasteiger partial charge in [0.15, 0.2) is 0 Å². The van der Waals surface area contributed by atoms with E-state index in [1.807, 2.05) is 0 Å². The van der Waals surface area contributed by atoms with E-state index in [-0.39, 0.29) is 76.0 Å². The van der Waals surface area contributed by atoms with Gasteiger partial charge < -0.3 is 38.2 Å². The summed E-state index contributed by atoms with van der Waals surface area (Å²) in [7, 11) is -10.7. The maximum Gasteiger partial charge on any atom is 1.00 e. The summed E-state index contributed by atoms with van der Waals surface area (Å²) in [5.74, 6) is 2.44. The van der Waals surface area contributed by atoms with Crippen LogP contribution in [0.1, 0.15) is 78.1 Å². The first-order valence-electron chi connectivity index (χ1n) is 12.6. The minimum Gasteiger partial charge on any atom is -0.778 e. The molecule has 0 spiro atoms. The van der Waals surface area contributed by atoms with Gasteiger partial charge in [-0.15, -0.1) is 0 Å². The number of rotatable bonds is 6. The molecular formula is C23H36Na2O10P2. The maximum atomic E-state index is 12.6. The first-order valence-corrected chi connectivity index (χ1v) is 15.9. The first kappa shape index (κ1) is 34.4. The third kappa shape index (κ3) is 7.01. The molecule has 4 saturated carbocycles. The number of fused-ring (bicyclic) bond motifs is 5. The summed E-state index contributed by atoms with van der Waals surface area (Å²) in [5.41, 5.74) is -0.0150. The zero-order valence-corrected chi connectivity index (χ0v) is 28.1. The molecule has 4 aliphatic carbocycles. The molecule has 0 amide bonds. The normalized spacial score (nSPS) is 40.7. The van der Waals surface area contributed by atoms with Gasteiger partial charge >= 0.3 is 65.3 Å². The summed E-state index contributed by atoms with van der Waals surface area (Å²) >= 11 is 0. The maximum absolute atomic E-state index is 12.6. The van der Waals surface area contributed by atoms with Crippen molar-refractivity contribution in [3.8, 4) is 0 Å². The standard InChI is InChI=1S/C23H38O10P2.2Na/c1-22-10-7-15(33-21(25)32-12-9-20(34(26,27)28)35(29,30)31)13-14(22)3-4-16-17-5-6-19(24)23(17,2)11-8-18(16)22;;/h14-18,20H,3-13H2,1-2H3,(H2,26,27,28)(H2,29,30,31);;/q;2*+1/p-2/t14-,15-,16-,17-,18-,22-,23-;;/m0../s1. The monoisotopic (exact) mass is 580 g/mol. The van der Waals surface area contributed by atoms with Crippen LogP contribution in [0.2, 0.25) is 0 Å². The van der Waals surface area contributed by atoms with Crippen LogP contribution in [0, 0.1) is 34.5 Å². The van der Waals surface area contributed by atoms with E-state index >= 15 is 0 Å². The molecule has 9 atom stereocenters. The summed E-state index contributed by atoms with van der Waals surface area (Å²) in [6, 6.07) is 0. The Labute approximate surface area is 262 Å². The second kappa shape index (κ2) is 12.6. The van der Waals surface area contributed by atoms with Crippen molar-refractivity contribution >= 4 is 27.1 Å². The van der Waals surface area contributed by atoms with E-state index in [0.29, 0.717) is 48.7 Å². The van der Waals surface area contributed by atoms with Gasteiger partial charge in [-0.1, -0.05) is 13.8 Å². The summed E-state index contributed by atoms with van der Waals surface area (Å²) in [6.07, 6.45) is 5.97. The van der Waals surface area contributed by atoms with Crippen LogP contribution in [0.5, 0.6) is 0 Å². The third-order valence-corrected chi connectivity index (χ3v) is 13.7. The van der Waals surface area contributed by atoms with Gasteiger partial charge in [-0.25, -0.2) is 4.79 Å². The van der Waals surface area contributed by atoms with Crippen molar-refractivity contribution in [2.45, 2.75) is 89.6 Å². The van der Waals surface area contributed by atoms with E-state index < -0.39 is 39.8 Å². The van der Waals surface area contributed by atoms with Crippen LogP contribution < -0.4 is 68.9 Å². The average molecular weight is 580 g/mol. The fraction of sp³-hybridized carbons (Fsp3) is 0.913. The molecule has 0 bridgehead atoms. The molecule has 2 unspecified atom stereocenters. The van der Waals surface area contributed by atoms with E-state index in [2.05, 4.69) is 13.8 Å². The molecule has 2 N–H and O–H groups in total. The number of carbonyl (C=O) groups excluding carboxylic acids is 2. The van der Waals surface area contributed by atoms with Crippen LogP contribution in [0.25, 0.3) is 0 Å². The smallest absolute Gasteiger partial charge is 0.778 e. The molecule has 0 aromatic heterocycles. The van der Waals surface area contributed by atoms with Gasteiger partial charge in [-0.3, -0.25) is 4.79 Å². The van der Waals surface area contributed by atoms with Crippen molar-refractivity contribution in [2.75, 3.05) is 6.61 Å². The molecule has 0 saturated heterocycles. The van der Waals surface area contributed by atoms with Crippen molar-refractivity contribution in [1.82, 2.24) is 0 Å². The molecule has 4 aliphatic rings. The number of carbonyl (C=O) groups is 2. The van der Waals surface area contributed by atoms with E-state index in [9.17, 15) is 28.5 Å². The molecule has 14 heteroatoms. The van der Waals surface area contributed by atoms with Crippen molar-refractivity contribution in [2.24, 2.45) is 34.5 Å². The molecule has 10 nitrogen and oxygen atoms in total. The molecule has 4 rings (SSSR count). The van der Waals surface area contributed by atoms with E-state index in [1.54, 1.807) is 0 Å². The third-order valence-electron chi connectivity index (χ3n) is 9.94. The molecule has 0 aromatic rings. The van der Waals surface area contributed by atoms with Crippen LogP contribution in [-0.4, -0.2) is 39.8 Å². The van der Waals surface area contributed by atoms with Crippen molar-refractivity contribution in [1.29, 1.82) is 0 Å². The van der Waals surface area contributed by atoms with Crippen molar-refractivity contribution < 1.29 is 107 Å². The molecule has 200 valence electrons. The number of ether oxygens (including phenoxy) is 2. The Hall–Kier alpha value is 1.24. The van der Waals surface area contributed by atoms with Gasteiger partial charge in [0, 0.05) is 18.3 Å². The SMILES string of the molecule is C[C@]12CC[C@H](OC(=O)OCCC(P(=O)([O-])O)P(=O)([O-])O)C[C@@H]1CC[C@@H]1[C@@H]2CC[C@]2(C)C(=O)CC[C@@H]12.[Na+].[Na+]. The second-order valence-corrected chi connectivity index (χ2v) is 15.5. The van der Waals surface area contributed by atoms with E-state index in [4.69, 9.17) is 19.3 Å². The molecular weight excluding hydrogens is 544 g/mol. The van der Waals surface area contributed by atoms with Crippen LogP contribution in [0.15, 0.2) is 0 Å². The Morgan fingerprint density at radius 3 is 2.30 bits per heavy atom. The van der Waals surface area contributed by atoms with Crippen molar-refractivity contribution in [3.05, 3.63) is 0 Å². The summed E-state index contributed by atoms with van der Waals surface area (Å²) in [5, 5.41) is -2.43.